The number of ether oxygens (including phenoxy) is 1. The molecule has 1 saturated heterocycles. The molecule has 0 bridgehead atoms. The van der Waals surface area contributed by atoms with E-state index >= 15 is 0 Å². The first kappa shape index (κ1) is 36.8. The summed E-state index contributed by atoms with van der Waals surface area (Å²) in [5.41, 5.74) is 0. The Balaban J connectivity index is -0.0000000756. The van der Waals surface area contributed by atoms with Gasteiger partial charge in [-0.25, -0.2) is 0 Å². The van der Waals surface area contributed by atoms with E-state index in [-0.39, 0.29) is 11.9 Å². The zero-order valence-corrected chi connectivity index (χ0v) is 20.7. The van der Waals surface area contributed by atoms with Gasteiger partial charge < -0.3 is 9.64 Å². The van der Waals surface area contributed by atoms with Crippen molar-refractivity contribution in [3.63, 3.8) is 0 Å². The molecule has 1 heterocycles. The van der Waals surface area contributed by atoms with E-state index in [0.717, 1.165) is 13.0 Å². The van der Waals surface area contributed by atoms with Crippen molar-refractivity contribution in [1.82, 2.24) is 4.90 Å². The highest BCUT2D eigenvalue weighted by Gasteiger charge is 2.08. The first-order valence-electron chi connectivity index (χ1n) is 11.4. The fraction of sp³-hybridized carbons (Fsp3) is 0.913. The predicted molar refractivity (Wildman–Crippen MR) is 122 cm³/mol. The minimum Gasteiger partial charge on any atom is -0.466 e. The third kappa shape index (κ3) is 40.8. The standard InChI is InChI=1S/C6H12.C5H11NO.C4H6O2.4C2H6/c1-2-4-6-5-3-1;1-4-6(3)5(2)7;5-4-2-1-3-6-4;4*1-2/h1-6H2;4H2,1-3H3;1-3H2;4*1-2H3. The van der Waals surface area contributed by atoms with Gasteiger partial charge in [-0.3, -0.25) is 9.59 Å². The highest BCUT2D eigenvalue weighted by molar-refractivity contribution is 5.72. The maximum Gasteiger partial charge on any atom is 0.305 e. The number of carbonyl (C=O) groups excluding carboxylic acids is 2. The molecule has 1 aliphatic carbocycles. The lowest BCUT2D eigenvalue weighted by atomic mass is 10.0. The Bertz CT molecular complexity index is 232. The second-order valence-corrected chi connectivity index (χ2v) is 4.98. The summed E-state index contributed by atoms with van der Waals surface area (Å²) >= 11 is 0. The molecule has 0 spiro atoms. The fourth-order valence-electron chi connectivity index (χ4n) is 1.76. The smallest absolute Gasteiger partial charge is 0.305 e. The number of cyclic esters (lactones) is 1. The number of carbonyl (C=O) groups is 2. The Kier molecular flexibility index (Phi) is 54.3. The SMILES string of the molecule is C1CCCCC1.CC.CC.CC.CC.CCN(C)C(C)=O.O=C1CCCO1. The molecule has 168 valence electrons. The van der Waals surface area contributed by atoms with Crippen LogP contribution in [-0.2, 0) is 14.3 Å². The third-order valence-corrected chi connectivity index (χ3v) is 3.30. The number of hydrogen-bond donors (Lipinski definition) is 0. The monoisotopic (exact) mass is 391 g/mol. The van der Waals surface area contributed by atoms with Crippen molar-refractivity contribution in [3.05, 3.63) is 0 Å². The molecule has 0 unspecified atom stereocenters. The summed E-state index contributed by atoms with van der Waals surface area (Å²) in [5.74, 6) is 0.0810. The molecule has 0 atom stereocenters. The summed E-state index contributed by atoms with van der Waals surface area (Å²) in [6.45, 7) is 20.9. The van der Waals surface area contributed by atoms with Crippen LogP contribution in [0.2, 0.25) is 0 Å². The van der Waals surface area contributed by atoms with Gasteiger partial charge in [0.15, 0.2) is 0 Å². The maximum absolute atomic E-state index is 10.3. The largest absolute Gasteiger partial charge is 0.466 e. The van der Waals surface area contributed by atoms with E-state index < -0.39 is 0 Å². The molecule has 4 nitrogen and oxygen atoms in total. The lowest BCUT2D eigenvalue weighted by Crippen LogP contribution is -2.22. The van der Waals surface area contributed by atoms with Crippen molar-refractivity contribution in [1.29, 1.82) is 0 Å². The lowest BCUT2D eigenvalue weighted by molar-refractivity contribution is -0.138. The topological polar surface area (TPSA) is 46.6 Å². The van der Waals surface area contributed by atoms with Crippen LogP contribution in [0.25, 0.3) is 0 Å². The molecule has 1 amide bonds. The Hall–Kier alpha value is -1.06. The Morgan fingerprint density at radius 1 is 0.815 bits per heavy atom. The molecule has 0 aromatic heterocycles. The van der Waals surface area contributed by atoms with Crippen LogP contribution in [0.15, 0.2) is 0 Å². The molecule has 0 aromatic carbocycles. The summed E-state index contributed by atoms with van der Waals surface area (Å²) < 4.78 is 4.51. The van der Waals surface area contributed by atoms with Gasteiger partial charge in [-0.2, -0.15) is 0 Å². The lowest BCUT2D eigenvalue weighted by Gasteiger charge is -2.09. The fourth-order valence-corrected chi connectivity index (χ4v) is 1.76. The van der Waals surface area contributed by atoms with Crippen LogP contribution in [0.5, 0.6) is 0 Å². The van der Waals surface area contributed by atoms with Crippen LogP contribution in [0.1, 0.15) is 121 Å². The van der Waals surface area contributed by atoms with Crippen molar-refractivity contribution < 1.29 is 14.3 Å². The van der Waals surface area contributed by atoms with Gasteiger partial charge in [0.05, 0.1) is 6.61 Å². The molecule has 0 aromatic rings. The zero-order valence-electron chi connectivity index (χ0n) is 20.7. The van der Waals surface area contributed by atoms with E-state index in [2.05, 4.69) is 4.74 Å². The summed E-state index contributed by atoms with van der Waals surface area (Å²) in [7, 11) is 1.78. The molecular weight excluding hydrogens is 338 g/mol. The highest BCUT2D eigenvalue weighted by atomic mass is 16.5. The van der Waals surface area contributed by atoms with Gasteiger partial charge >= 0.3 is 5.97 Å². The number of esters is 1. The van der Waals surface area contributed by atoms with Gasteiger partial charge in [-0.1, -0.05) is 93.9 Å². The van der Waals surface area contributed by atoms with Crippen molar-refractivity contribution in [2.75, 3.05) is 20.2 Å². The van der Waals surface area contributed by atoms with Crippen LogP contribution in [0, 0.1) is 0 Å². The molecule has 1 saturated carbocycles. The quantitative estimate of drug-likeness (QED) is 0.442. The summed E-state index contributed by atoms with van der Waals surface area (Å²) in [6, 6.07) is 0. The van der Waals surface area contributed by atoms with Gasteiger partial charge in [-0.15, -0.1) is 0 Å². The predicted octanol–water partition coefficient (Wildman–Crippen LogP) is 7.25. The van der Waals surface area contributed by atoms with Gasteiger partial charge in [0, 0.05) is 26.9 Å². The summed E-state index contributed by atoms with van der Waals surface area (Å²) in [6.07, 6.45) is 10.5. The van der Waals surface area contributed by atoms with E-state index in [9.17, 15) is 9.59 Å². The molecule has 0 radical (unpaired) electrons. The Morgan fingerprint density at radius 3 is 1.22 bits per heavy atom. The van der Waals surface area contributed by atoms with Crippen LogP contribution in [-0.4, -0.2) is 37.0 Å². The summed E-state index contributed by atoms with van der Waals surface area (Å²) in [4.78, 5) is 22.0. The number of nitrogens with zero attached hydrogens (tertiary/aromatic N) is 1. The Morgan fingerprint density at radius 2 is 1.15 bits per heavy atom. The van der Waals surface area contributed by atoms with Gasteiger partial charge in [0.2, 0.25) is 5.91 Å². The first-order chi connectivity index (χ1) is 13.1. The van der Waals surface area contributed by atoms with Gasteiger partial charge in [-0.05, 0) is 13.3 Å². The minimum atomic E-state index is -0.0463. The van der Waals surface area contributed by atoms with Gasteiger partial charge in [0.25, 0.3) is 0 Å². The molecule has 1 aliphatic heterocycles. The van der Waals surface area contributed by atoms with Crippen LogP contribution >= 0.6 is 0 Å². The molecule has 2 aliphatic rings. The van der Waals surface area contributed by atoms with E-state index in [1.807, 2.05) is 62.3 Å². The van der Waals surface area contributed by atoms with Gasteiger partial charge in [0.1, 0.15) is 0 Å². The average molecular weight is 392 g/mol. The zero-order chi connectivity index (χ0) is 22.5. The minimum absolute atomic E-state index is 0.0463. The average Bonchev–Trinajstić information content (AvgIpc) is 3.26. The van der Waals surface area contributed by atoms with E-state index in [4.69, 9.17) is 0 Å². The first-order valence-corrected chi connectivity index (χ1v) is 11.4. The Labute approximate surface area is 172 Å². The van der Waals surface area contributed by atoms with E-state index in [1.54, 1.807) is 18.9 Å². The second kappa shape index (κ2) is 39.8. The van der Waals surface area contributed by atoms with E-state index in [0.29, 0.717) is 13.0 Å². The number of rotatable bonds is 1. The third-order valence-electron chi connectivity index (χ3n) is 3.30. The normalized spacial score (nSPS) is 13.1. The molecule has 2 rings (SSSR count). The molecule has 4 heteroatoms. The van der Waals surface area contributed by atoms with Crippen LogP contribution < -0.4 is 0 Å². The maximum atomic E-state index is 10.3. The number of hydrogen-bond acceptors (Lipinski definition) is 3. The van der Waals surface area contributed by atoms with Crippen molar-refractivity contribution in [3.8, 4) is 0 Å². The molecule has 27 heavy (non-hydrogen) atoms. The molecular formula is C23H53NO3. The van der Waals surface area contributed by atoms with Crippen molar-refractivity contribution >= 4 is 11.9 Å². The number of amides is 1. The van der Waals surface area contributed by atoms with Crippen molar-refractivity contribution in [2.45, 2.75) is 121 Å². The van der Waals surface area contributed by atoms with E-state index in [1.165, 1.54) is 38.5 Å². The van der Waals surface area contributed by atoms with Crippen LogP contribution in [0.3, 0.4) is 0 Å². The van der Waals surface area contributed by atoms with Crippen molar-refractivity contribution in [2.24, 2.45) is 0 Å². The summed E-state index contributed by atoms with van der Waals surface area (Å²) in [5, 5.41) is 0. The molecule has 0 N–H and O–H groups in total. The molecule has 2 fully saturated rings. The van der Waals surface area contributed by atoms with Crippen LogP contribution in [0.4, 0.5) is 0 Å². The highest BCUT2D eigenvalue weighted by Crippen LogP contribution is 2.15. The second-order valence-electron chi connectivity index (χ2n) is 4.98.